The number of benzene rings is 1. The molecule has 1 heterocycles. The fraction of sp³-hybridized carbons (Fsp3) is 0.647. The van der Waals surface area contributed by atoms with Crippen LogP contribution in [0.4, 0.5) is 0 Å². The quantitative estimate of drug-likeness (QED) is 0.758. The molecule has 0 spiro atoms. The van der Waals surface area contributed by atoms with Gasteiger partial charge in [-0.25, -0.2) is 0 Å². The molecule has 118 valence electrons. The van der Waals surface area contributed by atoms with Crippen molar-refractivity contribution < 1.29 is 9.84 Å². The lowest BCUT2D eigenvalue weighted by Gasteiger charge is -2.32. The van der Waals surface area contributed by atoms with Gasteiger partial charge in [-0.05, 0) is 37.9 Å². The minimum atomic E-state index is -0.397. The summed E-state index contributed by atoms with van der Waals surface area (Å²) >= 11 is 0. The molecule has 4 nitrogen and oxygen atoms in total. The van der Waals surface area contributed by atoms with Crippen molar-refractivity contribution in [1.82, 2.24) is 10.2 Å². The first kappa shape index (κ1) is 16.4. The average Bonchev–Trinajstić information content (AvgIpc) is 2.53. The second-order valence-corrected chi connectivity index (χ2v) is 5.87. The molecule has 1 unspecified atom stereocenters. The highest BCUT2D eigenvalue weighted by Crippen LogP contribution is 2.11. The Morgan fingerprint density at radius 1 is 1.29 bits per heavy atom. The number of nitrogens with zero attached hydrogens (tertiary/aromatic N) is 1. The summed E-state index contributed by atoms with van der Waals surface area (Å²) in [4.78, 5) is 2.54. The molecule has 0 saturated carbocycles. The van der Waals surface area contributed by atoms with Crippen LogP contribution in [-0.4, -0.2) is 62.0 Å². The lowest BCUT2D eigenvalue weighted by Crippen LogP contribution is -2.45. The first-order valence-electron chi connectivity index (χ1n) is 7.94. The fourth-order valence-electron chi connectivity index (χ4n) is 2.85. The molecular formula is C17H28N2O2. The third-order valence-corrected chi connectivity index (χ3v) is 4.15. The highest BCUT2D eigenvalue weighted by molar-refractivity contribution is 5.14. The highest BCUT2D eigenvalue weighted by atomic mass is 16.5. The number of rotatable bonds is 8. The van der Waals surface area contributed by atoms with Gasteiger partial charge >= 0.3 is 0 Å². The van der Waals surface area contributed by atoms with Gasteiger partial charge in [0.1, 0.15) is 0 Å². The van der Waals surface area contributed by atoms with Crippen LogP contribution in [0.5, 0.6) is 0 Å². The van der Waals surface area contributed by atoms with Crippen LogP contribution in [0.15, 0.2) is 30.3 Å². The average molecular weight is 292 g/mol. The maximum Gasteiger partial charge on any atom is 0.0897 e. The molecule has 0 aliphatic carbocycles. The fourth-order valence-corrected chi connectivity index (χ4v) is 2.85. The summed E-state index contributed by atoms with van der Waals surface area (Å²) in [5.74, 6) is 0. The Hall–Kier alpha value is -0.940. The second kappa shape index (κ2) is 9.15. The molecule has 21 heavy (non-hydrogen) atoms. The predicted octanol–water partition coefficient (Wildman–Crippen LogP) is 1.29. The van der Waals surface area contributed by atoms with E-state index in [0.717, 1.165) is 38.9 Å². The first-order valence-corrected chi connectivity index (χ1v) is 7.94. The molecule has 2 rings (SSSR count). The van der Waals surface area contributed by atoms with Crippen LogP contribution in [0.1, 0.15) is 18.4 Å². The monoisotopic (exact) mass is 292 g/mol. The van der Waals surface area contributed by atoms with Gasteiger partial charge in [-0.3, -0.25) is 0 Å². The summed E-state index contributed by atoms with van der Waals surface area (Å²) in [6.07, 6.45) is 3.06. The number of hydrogen-bond acceptors (Lipinski definition) is 4. The Morgan fingerprint density at radius 2 is 2.00 bits per heavy atom. The molecule has 1 aromatic rings. The minimum absolute atomic E-state index is 0.397. The molecular weight excluding hydrogens is 264 g/mol. The number of methoxy groups -OCH3 is 1. The van der Waals surface area contributed by atoms with Crippen molar-refractivity contribution >= 4 is 0 Å². The molecule has 1 aliphatic rings. The van der Waals surface area contributed by atoms with Gasteiger partial charge in [0.25, 0.3) is 0 Å². The molecule has 1 fully saturated rings. The summed E-state index contributed by atoms with van der Waals surface area (Å²) in [6.45, 7) is 4.46. The van der Waals surface area contributed by atoms with E-state index in [9.17, 15) is 5.11 Å². The Bertz CT molecular complexity index is 378. The van der Waals surface area contributed by atoms with Crippen molar-refractivity contribution in [2.45, 2.75) is 31.4 Å². The zero-order valence-corrected chi connectivity index (χ0v) is 13.0. The Kier molecular flexibility index (Phi) is 7.16. The number of likely N-dealkylation sites (tertiary alicyclic amines) is 1. The van der Waals surface area contributed by atoms with E-state index in [-0.39, 0.29) is 0 Å². The van der Waals surface area contributed by atoms with Gasteiger partial charge in [-0.2, -0.15) is 0 Å². The van der Waals surface area contributed by atoms with Crippen molar-refractivity contribution in [2.24, 2.45) is 0 Å². The van der Waals surface area contributed by atoms with E-state index in [2.05, 4.69) is 40.5 Å². The van der Waals surface area contributed by atoms with Gasteiger partial charge in [-0.15, -0.1) is 0 Å². The molecule has 0 amide bonds. The molecule has 2 N–H and O–H groups in total. The van der Waals surface area contributed by atoms with Crippen LogP contribution in [0, 0.1) is 0 Å². The van der Waals surface area contributed by atoms with Crippen LogP contribution >= 0.6 is 0 Å². The molecule has 1 atom stereocenters. The van der Waals surface area contributed by atoms with E-state index in [1.54, 1.807) is 7.11 Å². The van der Waals surface area contributed by atoms with E-state index < -0.39 is 6.10 Å². The molecule has 0 aromatic heterocycles. The molecule has 1 aliphatic heterocycles. The van der Waals surface area contributed by atoms with Crippen molar-refractivity contribution in [3.8, 4) is 0 Å². The lowest BCUT2D eigenvalue weighted by atomic mass is 10.0. The van der Waals surface area contributed by atoms with Gasteiger partial charge in [-0.1, -0.05) is 30.3 Å². The third-order valence-electron chi connectivity index (χ3n) is 4.15. The lowest BCUT2D eigenvalue weighted by molar-refractivity contribution is 0.0603. The number of nitrogens with one attached hydrogen (secondary N) is 1. The standard InChI is InChI=1S/C17H28N2O2/c1-21-14-17(20)13-18-16-8-11-19(12-9-16)10-7-15-5-3-2-4-6-15/h2-6,16-18,20H,7-14H2,1H3. The smallest absolute Gasteiger partial charge is 0.0897 e. The number of aliphatic hydroxyl groups is 1. The maximum absolute atomic E-state index is 9.64. The Morgan fingerprint density at radius 3 is 2.67 bits per heavy atom. The van der Waals surface area contributed by atoms with E-state index in [0.29, 0.717) is 19.2 Å². The van der Waals surface area contributed by atoms with Gasteiger partial charge in [0.2, 0.25) is 0 Å². The Labute approximate surface area is 128 Å². The zero-order chi connectivity index (χ0) is 14.9. The summed E-state index contributed by atoms with van der Waals surface area (Å²) in [5, 5.41) is 13.1. The zero-order valence-electron chi connectivity index (χ0n) is 13.0. The summed E-state index contributed by atoms with van der Waals surface area (Å²) in [7, 11) is 1.62. The molecule has 0 radical (unpaired) electrons. The van der Waals surface area contributed by atoms with Crippen LogP contribution in [0.2, 0.25) is 0 Å². The van der Waals surface area contributed by atoms with Crippen molar-refractivity contribution in [2.75, 3.05) is 39.9 Å². The van der Waals surface area contributed by atoms with Crippen LogP contribution in [-0.2, 0) is 11.2 Å². The Balaban J connectivity index is 1.60. The van der Waals surface area contributed by atoms with Gasteiger partial charge < -0.3 is 20.1 Å². The first-order chi connectivity index (χ1) is 10.3. The number of aliphatic hydroxyl groups excluding tert-OH is 1. The summed E-state index contributed by atoms with van der Waals surface area (Å²) in [5.41, 5.74) is 1.42. The molecule has 1 aromatic carbocycles. The van der Waals surface area contributed by atoms with Crippen molar-refractivity contribution in [1.29, 1.82) is 0 Å². The van der Waals surface area contributed by atoms with Crippen molar-refractivity contribution in [3.05, 3.63) is 35.9 Å². The van der Waals surface area contributed by atoms with Gasteiger partial charge in [0, 0.05) is 26.2 Å². The largest absolute Gasteiger partial charge is 0.389 e. The summed E-state index contributed by atoms with van der Waals surface area (Å²) in [6, 6.07) is 11.2. The number of hydrogen-bond donors (Lipinski definition) is 2. The van der Waals surface area contributed by atoms with E-state index >= 15 is 0 Å². The number of ether oxygens (including phenoxy) is 1. The van der Waals surface area contributed by atoms with Crippen LogP contribution in [0.3, 0.4) is 0 Å². The van der Waals surface area contributed by atoms with Crippen LogP contribution < -0.4 is 5.32 Å². The predicted molar refractivity (Wildman–Crippen MR) is 85.5 cm³/mol. The molecule has 1 saturated heterocycles. The molecule has 0 bridgehead atoms. The minimum Gasteiger partial charge on any atom is -0.389 e. The summed E-state index contributed by atoms with van der Waals surface area (Å²) < 4.78 is 4.94. The van der Waals surface area contributed by atoms with Gasteiger partial charge in [0.15, 0.2) is 0 Å². The van der Waals surface area contributed by atoms with E-state index in [1.807, 2.05) is 0 Å². The third kappa shape index (κ3) is 6.14. The highest BCUT2D eigenvalue weighted by Gasteiger charge is 2.19. The maximum atomic E-state index is 9.64. The van der Waals surface area contributed by atoms with E-state index in [4.69, 9.17) is 4.74 Å². The van der Waals surface area contributed by atoms with Crippen LogP contribution in [0.25, 0.3) is 0 Å². The number of piperidine rings is 1. The normalized spacial score (nSPS) is 18.8. The van der Waals surface area contributed by atoms with E-state index in [1.165, 1.54) is 5.56 Å². The molecule has 4 heteroatoms. The second-order valence-electron chi connectivity index (χ2n) is 5.87. The van der Waals surface area contributed by atoms with Gasteiger partial charge in [0.05, 0.1) is 12.7 Å². The van der Waals surface area contributed by atoms with Crippen molar-refractivity contribution in [3.63, 3.8) is 0 Å². The topological polar surface area (TPSA) is 44.7 Å². The SMILES string of the molecule is COCC(O)CNC1CCN(CCc2ccccc2)CC1.